The summed E-state index contributed by atoms with van der Waals surface area (Å²) in [5.74, 6) is -3.16. The molecule has 0 spiro atoms. The van der Waals surface area contributed by atoms with Crippen molar-refractivity contribution >= 4 is 21.8 Å². The number of rotatable bonds is 4. The van der Waals surface area contributed by atoms with Crippen molar-refractivity contribution in [3.63, 3.8) is 0 Å². The lowest BCUT2D eigenvalue weighted by molar-refractivity contribution is 0.0934. The summed E-state index contributed by atoms with van der Waals surface area (Å²) in [6.45, 7) is 1.80. The van der Waals surface area contributed by atoms with E-state index in [4.69, 9.17) is 0 Å². The molecule has 110 valence electrons. The van der Waals surface area contributed by atoms with Crippen LogP contribution in [0.1, 0.15) is 22.8 Å². The molecule has 0 fully saturated rings. The highest BCUT2D eigenvalue weighted by Crippen LogP contribution is 2.13. The zero-order valence-electron chi connectivity index (χ0n) is 11.2. The molecule has 0 aliphatic heterocycles. The molecule has 1 N–H and O–H groups in total. The van der Waals surface area contributed by atoms with Crippen LogP contribution in [0.3, 0.4) is 0 Å². The summed E-state index contributed by atoms with van der Waals surface area (Å²) < 4.78 is 27.4. The molecule has 0 aliphatic rings. The number of hydrogen-bond donors (Lipinski definition) is 1. The molecule has 2 aromatic rings. The summed E-state index contributed by atoms with van der Waals surface area (Å²) in [4.78, 5) is 15.1. The van der Waals surface area contributed by atoms with Crippen LogP contribution in [0.25, 0.3) is 0 Å². The maximum absolute atomic E-state index is 13.5. The van der Waals surface area contributed by atoms with E-state index in [1.54, 1.807) is 6.92 Å². The normalized spacial score (nSPS) is 12.0. The zero-order chi connectivity index (χ0) is 15.4. The summed E-state index contributed by atoms with van der Waals surface area (Å²) in [5.41, 5.74) is 0.692. The van der Waals surface area contributed by atoms with Gasteiger partial charge in [-0.15, -0.1) is 0 Å². The maximum Gasteiger partial charge on any atom is 0.254 e. The topological polar surface area (TPSA) is 42.0 Å². The van der Waals surface area contributed by atoms with Gasteiger partial charge in [0.05, 0.1) is 5.56 Å². The van der Waals surface area contributed by atoms with Gasteiger partial charge in [-0.25, -0.2) is 9.37 Å². The van der Waals surface area contributed by atoms with Crippen LogP contribution in [0.15, 0.2) is 41.0 Å². The molecule has 1 aromatic carbocycles. The van der Waals surface area contributed by atoms with Crippen molar-refractivity contribution in [2.45, 2.75) is 19.4 Å². The fourth-order valence-corrected chi connectivity index (χ4v) is 2.18. The average molecular weight is 355 g/mol. The number of halogens is 3. The number of amides is 1. The van der Waals surface area contributed by atoms with E-state index in [1.165, 1.54) is 0 Å². The van der Waals surface area contributed by atoms with Gasteiger partial charge in [-0.3, -0.25) is 4.79 Å². The monoisotopic (exact) mass is 354 g/mol. The highest BCUT2D eigenvalue weighted by Gasteiger charge is 2.17. The van der Waals surface area contributed by atoms with Crippen molar-refractivity contribution in [1.82, 2.24) is 10.3 Å². The lowest BCUT2D eigenvalue weighted by atomic mass is 10.1. The van der Waals surface area contributed by atoms with Crippen LogP contribution in [-0.4, -0.2) is 16.9 Å². The summed E-state index contributed by atoms with van der Waals surface area (Å²) >= 11 is 3.34. The Morgan fingerprint density at radius 2 is 1.95 bits per heavy atom. The van der Waals surface area contributed by atoms with Gasteiger partial charge in [0.25, 0.3) is 5.91 Å². The first-order valence-corrected chi connectivity index (χ1v) is 7.12. The molecule has 2 rings (SSSR count). The third kappa shape index (κ3) is 4.07. The van der Waals surface area contributed by atoms with E-state index in [9.17, 15) is 13.6 Å². The third-order valence-corrected chi connectivity index (χ3v) is 3.45. The van der Waals surface area contributed by atoms with E-state index in [0.29, 0.717) is 6.42 Å². The summed E-state index contributed by atoms with van der Waals surface area (Å²) in [7, 11) is 0. The quantitative estimate of drug-likeness (QED) is 0.854. The molecule has 1 heterocycles. The minimum Gasteiger partial charge on any atom is -0.349 e. The number of hydrogen-bond acceptors (Lipinski definition) is 2. The lowest BCUT2D eigenvalue weighted by Crippen LogP contribution is -2.34. The minimum atomic E-state index is -1.27. The predicted octanol–water partition coefficient (Wildman–Crippen LogP) is 3.48. The Balaban J connectivity index is 2.02. The van der Waals surface area contributed by atoms with Gasteiger partial charge in [0.15, 0.2) is 5.82 Å². The number of nitrogens with zero attached hydrogens (tertiary/aromatic N) is 1. The van der Waals surface area contributed by atoms with Crippen LogP contribution in [0, 0.1) is 11.8 Å². The Morgan fingerprint density at radius 3 is 2.62 bits per heavy atom. The van der Waals surface area contributed by atoms with Gasteiger partial charge < -0.3 is 5.32 Å². The van der Waals surface area contributed by atoms with Gasteiger partial charge in [0, 0.05) is 16.7 Å². The molecule has 21 heavy (non-hydrogen) atoms. The average Bonchev–Trinajstić information content (AvgIpc) is 2.44. The Hall–Kier alpha value is -1.82. The number of carbonyl (C=O) groups is 1. The van der Waals surface area contributed by atoms with Crippen LogP contribution < -0.4 is 5.32 Å². The zero-order valence-corrected chi connectivity index (χ0v) is 12.8. The molecular weight excluding hydrogens is 342 g/mol. The van der Waals surface area contributed by atoms with Crippen molar-refractivity contribution in [2.24, 2.45) is 0 Å². The fourth-order valence-electron chi connectivity index (χ4n) is 1.92. The van der Waals surface area contributed by atoms with Gasteiger partial charge in [0.2, 0.25) is 5.95 Å². The molecule has 3 nitrogen and oxygen atoms in total. The SMILES string of the molecule is CC(Cc1ccc(Br)cc1)NC(=O)c1ccnc(F)c1F. The molecule has 0 bridgehead atoms. The van der Waals surface area contributed by atoms with E-state index >= 15 is 0 Å². The van der Waals surface area contributed by atoms with Gasteiger partial charge in [-0.2, -0.15) is 4.39 Å². The van der Waals surface area contributed by atoms with Crippen molar-refractivity contribution in [3.8, 4) is 0 Å². The van der Waals surface area contributed by atoms with E-state index in [0.717, 1.165) is 22.3 Å². The fraction of sp³-hybridized carbons (Fsp3) is 0.200. The molecule has 0 aliphatic carbocycles. The second-order valence-corrected chi connectivity index (χ2v) is 5.58. The first-order valence-electron chi connectivity index (χ1n) is 6.32. The van der Waals surface area contributed by atoms with Gasteiger partial charge in [-0.1, -0.05) is 28.1 Å². The Kier molecular flexibility index (Phi) is 5.01. The largest absolute Gasteiger partial charge is 0.349 e. The van der Waals surface area contributed by atoms with Crippen LogP contribution in [-0.2, 0) is 6.42 Å². The molecular formula is C15H13BrF2N2O. The van der Waals surface area contributed by atoms with Gasteiger partial charge in [0.1, 0.15) is 0 Å². The van der Waals surface area contributed by atoms with Crippen LogP contribution >= 0.6 is 15.9 Å². The van der Waals surface area contributed by atoms with E-state index in [2.05, 4.69) is 26.2 Å². The molecule has 0 saturated heterocycles. The molecule has 1 aromatic heterocycles. The second-order valence-electron chi connectivity index (χ2n) is 4.67. The number of nitrogens with one attached hydrogen (secondary N) is 1. The van der Waals surface area contributed by atoms with E-state index in [1.807, 2.05) is 24.3 Å². The summed E-state index contributed by atoms with van der Waals surface area (Å²) in [6, 6.07) is 8.61. The molecule has 1 atom stereocenters. The molecule has 1 unspecified atom stereocenters. The number of benzene rings is 1. The van der Waals surface area contributed by atoms with E-state index in [-0.39, 0.29) is 11.6 Å². The highest BCUT2D eigenvalue weighted by molar-refractivity contribution is 9.10. The molecule has 0 saturated carbocycles. The van der Waals surface area contributed by atoms with Crippen molar-refractivity contribution in [1.29, 1.82) is 0 Å². The minimum absolute atomic E-state index is 0.214. The molecule has 6 heteroatoms. The number of aromatic nitrogens is 1. The standard InChI is InChI=1S/C15H13BrF2N2O/c1-9(8-10-2-4-11(16)5-3-10)20-15(21)12-6-7-19-14(18)13(12)17/h2-7,9H,8H2,1H3,(H,20,21). The summed E-state index contributed by atoms with van der Waals surface area (Å²) in [5, 5.41) is 2.64. The summed E-state index contributed by atoms with van der Waals surface area (Å²) in [6.07, 6.45) is 1.65. The van der Waals surface area contributed by atoms with Crippen molar-refractivity contribution in [2.75, 3.05) is 0 Å². The Morgan fingerprint density at radius 1 is 1.29 bits per heavy atom. The third-order valence-electron chi connectivity index (χ3n) is 2.92. The van der Waals surface area contributed by atoms with Crippen molar-refractivity contribution < 1.29 is 13.6 Å². The van der Waals surface area contributed by atoms with Crippen LogP contribution in [0.2, 0.25) is 0 Å². The first kappa shape index (κ1) is 15.6. The predicted molar refractivity (Wildman–Crippen MR) is 78.9 cm³/mol. The maximum atomic E-state index is 13.5. The second kappa shape index (κ2) is 6.76. The van der Waals surface area contributed by atoms with E-state index < -0.39 is 17.7 Å². The van der Waals surface area contributed by atoms with Gasteiger partial charge in [-0.05, 0) is 37.1 Å². The number of carbonyl (C=O) groups excluding carboxylic acids is 1. The number of pyridine rings is 1. The van der Waals surface area contributed by atoms with Crippen LogP contribution in [0.4, 0.5) is 8.78 Å². The van der Waals surface area contributed by atoms with Gasteiger partial charge >= 0.3 is 0 Å². The first-order chi connectivity index (χ1) is 9.97. The molecule has 1 amide bonds. The Bertz CT molecular complexity index is 647. The molecule has 0 radical (unpaired) electrons. The Labute approximate surface area is 129 Å². The highest BCUT2D eigenvalue weighted by atomic mass is 79.9. The van der Waals surface area contributed by atoms with Crippen molar-refractivity contribution in [3.05, 3.63) is 63.9 Å². The smallest absolute Gasteiger partial charge is 0.254 e. The lowest BCUT2D eigenvalue weighted by Gasteiger charge is -2.14. The van der Waals surface area contributed by atoms with Crippen LogP contribution in [0.5, 0.6) is 0 Å².